The van der Waals surface area contributed by atoms with Crippen molar-refractivity contribution in [2.75, 3.05) is 35.0 Å². The molecule has 0 aliphatic carbocycles. The van der Waals surface area contributed by atoms with Crippen molar-refractivity contribution in [1.29, 1.82) is 0 Å². The maximum absolute atomic E-state index is 13.2. The fourth-order valence-electron chi connectivity index (χ4n) is 3.63. The van der Waals surface area contributed by atoms with E-state index in [1.165, 1.54) is 28.6 Å². The fourth-order valence-corrected chi connectivity index (χ4v) is 6.23. The van der Waals surface area contributed by atoms with Crippen molar-refractivity contribution in [3.8, 4) is 0 Å². The number of fused-ring (bicyclic) bond motifs is 1. The Morgan fingerprint density at radius 1 is 0.909 bits per heavy atom. The van der Waals surface area contributed by atoms with Crippen LogP contribution in [0.15, 0.2) is 46.2 Å². The number of rotatable bonds is 10. The lowest BCUT2D eigenvalue weighted by Gasteiger charge is -2.21. The van der Waals surface area contributed by atoms with Gasteiger partial charge in [-0.05, 0) is 54.8 Å². The normalized spacial score (nSPS) is 14.0. The Morgan fingerprint density at radius 3 is 2.27 bits per heavy atom. The molecule has 1 heterocycles. The van der Waals surface area contributed by atoms with Gasteiger partial charge in [-0.3, -0.25) is 9.52 Å². The second-order valence-corrected chi connectivity index (χ2v) is 11.3. The van der Waals surface area contributed by atoms with Crippen molar-refractivity contribution in [1.82, 2.24) is 4.31 Å². The lowest BCUT2D eigenvalue weighted by Crippen LogP contribution is -2.30. The van der Waals surface area contributed by atoms with E-state index >= 15 is 0 Å². The van der Waals surface area contributed by atoms with E-state index in [1.807, 2.05) is 6.92 Å². The zero-order chi connectivity index (χ0) is 24.2. The van der Waals surface area contributed by atoms with Gasteiger partial charge in [-0.25, -0.2) is 16.8 Å². The van der Waals surface area contributed by atoms with E-state index < -0.39 is 20.0 Å². The standard InChI is InChI=1S/C22H30N4O5S2/c1-4-13-23-20-11-9-18(33(30,31)26(5-2)6-3)15-21(20)25-32(28,29)17-8-10-19-16(14-17)7-12-22(27)24-19/h8-11,14-15,23,25H,4-7,12-13H2,1-3H3,(H,24,27). The molecule has 3 N–H and O–H groups in total. The summed E-state index contributed by atoms with van der Waals surface area (Å²) in [6.45, 7) is 6.68. The zero-order valence-corrected chi connectivity index (χ0v) is 20.6. The quantitative estimate of drug-likeness (QED) is 0.466. The summed E-state index contributed by atoms with van der Waals surface area (Å²) < 4.78 is 56.2. The lowest BCUT2D eigenvalue weighted by molar-refractivity contribution is -0.116. The number of hydrogen-bond acceptors (Lipinski definition) is 6. The Hall–Kier alpha value is -2.63. The summed E-state index contributed by atoms with van der Waals surface area (Å²) in [7, 11) is -7.78. The van der Waals surface area contributed by atoms with Crippen molar-refractivity contribution in [2.24, 2.45) is 0 Å². The highest BCUT2D eigenvalue weighted by molar-refractivity contribution is 7.92. The minimum Gasteiger partial charge on any atom is -0.383 e. The van der Waals surface area contributed by atoms with Crippen molar-refractivity contribution < 1.29 is 21.6 Å². The first-order valence-corrected chi connectivity index (χ1v) is 13.9. The van der Waals surface area contributed by atoms with Gasteiger partial charge in [0.1, 0.15) is 0 Å². The number of carbonyl (C=O) groups excluding carboxylic acids is 1. The summed E-state index contributed by atoms with van der Waals surface area (Å²) in [5, 5.41) is 5.88. The molecule has 1 amide bonds. The molecule has 0 aromatic heterocycles. The van der Waals surface area contributed by atoms with E-state index in [9.17, 15) is 21.6 Å². The van der Waals surface area contributed by atoms with E-state index in [4.69, 9.17) is 0 Å². The largest absolute Gasteiger partial charge is 0.383 e. The van der Waals surface area contributed by atoms with Crippen LogP contribution in [0.1, 0.15) is 39.2 Å². The molecule has 33 heavy (non-hydrogen) atoms. The molecule has 0 fully saturated rings. The number of hydrogen-bond donors (Lipinski definition) is 3. The molecule has 0 unspecified atom stereocenters. The van der Waals surface area contributed by atoms with Gasteiger partial charge < -0.3 is 10.6 Å². The third-order valence-corrected chi connectivity index (χ3v) is 8.84. The van der Waals surface area contributed by atoms with E-state index in [2.05, 4.69) is 15.4 Å². The molecule has 0 spiro atoms. The summed E-state index contributed by atoms with van der Waals surface area (Å²) in [5.41, 5.74) is 1.98. The van der Waals surface area contributed by atoms with Gasteiger partial charge in [-0.15, -0.1) is 0 Å². The lowest BCUT2D eigenvalue weighted by atomic mass is 10.0. The summed E-state index contributed by atoms with van der Waals surface area (Å²) >= 11 is 0. The van der Waals surface area contributed by atoms with Gasteiger partial charge in [0.05, 0.1) is 21.2 Å². The molecule has 9 nitrogen and oxygen atoms in total. The topological polar surface area (TPSA) is 125 Å². The van der Waals surface area contributed by atoms with E-state index in [-0.39, 0.29) is 21.4 Å². The van der Waals surface area contributed by atoms with Crippen LogP contribution < -0.4 is 15.4 Å². The van der Waals surface area contributed by atoms with Crippen molar-refractivity contribution in [2.45, 2.75) is 49.8 Å². The molecule has 0 bridgehead atoms. The molecule has 11 heteroatoms. The van der Waals surface area contributed by atoms with Crippen LogP contribution in [0.4, 0.5) is 17.1 Å². The van der Waals surface area contributed by atoms with Gasteiger partial charge in [-0.2, -0.15) is 4.31 Å². The molecule has 0 saturated carbocycles. The average Bonchev–Trinajstić information content (AvgIpc) is 2.78. The molecule has 0 atom stereocenters. The van der Waals surface area contributed by atoms with Gasteiger partial charge in [0, 0.05) is 31.7 Å². The molecule has 180 valence electrons. The van der Waals surface area contributed by atoms with Gasteiger partial charge in [0.25, 0.3) is 10.0 Å². The SMILES string of the molecule is CCCNc1ccc(S(=O)(=O)N(CC)CC)cc1NS(=O)(=O)c1ccc2c(c1)CCC(=O)N2. The van der Waals surface area contributed by atoms with Gasteiger partial charge in [0.15, 0.2) is 0 Å². The highest BCUT2D eigenvalue weighted by atomic mass is 32.2. The monoisotopic (exact) mass is 494 g/mol. The number of aryl methyl sites for hydroxylation is 1. The van der Waals surface area contributed by atoms with Crippen LogP contribution in [0.5, 0.6) is 0 Å². The molecule has 3 rings (SSSR count). The smallest absolute Gasteiger partial charge is 0.261 e. The van der Waals surface area contributed by atoms with Crippen molar-refractivity contribution >= 4 is 43.0 Å². The molecule has 2 aromatic carbocycles. The molecular weight excluding hydrogens is 464 g/mol. The number of anilines is 3. The third kappa shape index (κ3) is 5.48. The molecule has 1 aliphatic heterocycles. The minimum absolute atomic E-state index is 0.0131. The maximum atomic E-state index is 13.2. The summed E-state index contributed by atoms with van der Waals surface area (Å²) in [6.07, 6.45) is 1.55. The van der Waals surface area contributed by atoms with Crippen LogP contribution >= 0.6 is 0 Å². The Balaban J connectivity index is 2.00. The van der Waals surface area contributed by atoms with Crippen LogP contribution in [-0.4, -0.2) is 46.7 Å². The summed E-state index contributed by atoms with van der Waals surface area (Å²) in [4.78, 5) is 11.6. The fraction of sp³-hybridized carbons (Fsp3) is 0.409. The number of sulfonamides is 2. The van der Waals surface area contributed by atoms with Crippen LogP contribution in [-0.2, 0) is 31.3 Å². The van der Waals surface area contributed by atoms with Crippen molar-refractivity contribution in [3.05, 3.63) is 42.0 Å². The Kier molecular flexibility index (Phi) is 7.65. The first-order valence-electron chi connectivity index (χ1n) is 11.0. The number of carbonyl (C=O) groups is 1. The molecule has 2 aromatic rings. The third-order valence-electron chi connectivity index (χ3n) is 5.43. The predicted molar refractivity (Wildman–Crippen MR) is 130 cm³/mol. The Bertz CT molecular complexity index is 1240. The number of benzene rings is 2. The van der Waals surface area contributed by atoms with Gasteiger partial charge in [-0.1, -0.05) is 20.8 Å². The molecule has 0 saturated heterocycles. The first kappa shape index (κ1) is 25.0. The van der Waals surface area contributed by atoms with Crippen LogP contribution in [0.25, 0.3) is 0 Å². The minimum atomic E-state index is -4.01. The maximum Gasteiger partial charge on any atom is 0.261 e. The Labute approximate surface area is 195 Å². The van der Waals surface area contributed by atoms with Crippen LogP contribution in [0.3, 0.4) is 0 Å². The Morgan fingerprint density at radius 2 is 1.61 bits per heavy atom. The van der Waals surface area contributed by atoms with E-state index in [1.54, 1.807) is 26.0 Å². The highest BCUT2D eigenvalue weighted by Crippen LogP contribution is 2.31. The highest BCUT2D eigenvalue weighted by Gasteiger charge is 2.25. The van der Waals surface area contributed by atoms with E-state index in [0.717, 1.165) is 12.0 Å². The van der Waals surface area contributed by atoms with Crippen LogP contribution in [0, 0.1) is 0 Å². The molecule has 1 aliphatic rings. The predicted octanol–water partition coefficient (Wildman–Crippen LogP) is 3.22. The average molecular weight is 495 g/mol. The second kappa shape index (κ2) is 10.1. The summed E-state index contributed by atoms with van der Waals surface area (Å²) in [5.74, 6) is -0.103. The van der Waals surface area contributed by atoms with E-state index in [0.29, 0.717) is 43.9 Å². The number of nitrogens with one attached hydrogen (secondary N) is 3. The van der Waals surface area contributed by atoms with Gasteiger partial charge >= 0.3 is 0 Å². The number of nitrogens with zero attached hydrogens (tertiary/aromatic N) is 1. The number of amides is 1. The molecule has 0 radical (unpaired) electrons. The van der Waals surface area contributed by atoms with Crippen molar-refractivity contribution in [3.63, 3.8) is 0 Å². The summed E-state index contributed by atoms with van der Waals surface area (Å²) in [6, 6.07) is 8.92. The van der Waals surface area contributed by atoms with Gasteiger partial charge in [0.2, 0.25) is 15.9 Å². The zero-order valence-electron chi connectivity index (χ0n) is 19.0. The second-order valence-electron chi connectivity index (χ2n) is 7.70. The van der Waals surface area contributed by atoms with Crippen LogP contribution in [0.2, 0.25) is 0 Å². The molecular formula is C22H30N4O5S2. The first-order chi connectivity index (χ1) is 15.6.